The fraction of sp³-hybridized carbons (Fsp3) is 0.286. The van der Waals surface area contributed by atoms with Crippen LogP contribution in [0.5, 0.6) is 5.75 Å². The molecule has 0 atom stereocenters. The minimum Gasteiger partial charge on any atom is -0.484 e. The zero-order valence-electron chi connectivity index (χ0n) is 19.8. The summed E-state index contributed by atoms with van der Waals surface area (Å²) in [6, 6.07) is 24.6. The van der Waals surface area contributed by atoms with Gasteiger partial charge in [-0.2, -0.15) is 0 Å². The number of carbonyl (C=O) groups excluding carboxylic acids is 1. The number of aromatic nitrogens is 1. The van der Waals surface area contributed by atoms with E-state index in [0.717, 1.165) is 10.2 Å². The smallest absolute Gasteiger partial charge is 0.264 e. The Morgan fingerprint density at radius 2 is 1.52 bits per heavy atom. The molecule has 1 aromatic heterocycles. The molecule has 4 aromatic rings. The van der Waals surface area contributed by atoms with Crippen LogP contribution in [0.2, 0.25) is 0 Å². The Morgan fingerprint density at radius 1 is 0.879 bits per heavy atom. The first kappa shape index (κ1) is 23.0. The number of thiazole rings is 1. The van der Waals surface area contributed by atoms with Crippen LogP contribution in [0.15, 0.2) is 72.8 Å². The summed E-state index contributed by atoms with van der Waals surface area (Å²) in [4.78, 5) is 17.0. The summed E-state index contributed by atoms with van der Waals surface area (Å²) in [7, 11) is 0. The molecule has 0 saturated heterocycles. The minimum atomic E-state index is -0.223. The number of hydrogen-bond donors (Lipinski definition) is 1. The molecular weight excluding hydrogens is 428 g/mol. The molecule has 5 heteroatoms. The monoisotopic (exact) mass is 458 g/mol. The average molecular weight is 459 g/mol. The summed E-state index contributed by atoms with van der Waals surface area (Å²) in [5.41, 5.74) is 4.54. The number of nitrogens with one attached hydrogen (secondary N) is 1. The van der Waals surface area contributed by atoms with Crippen molar-refractivity contribution in [2.24, 2.45) is 0 Å². The molecule has 0 saturated carbocycles. The maximum Gasteiger partial charge on any atom is 0.264 e. The molecule has 0 unspecified atom stereocenters. The summed E-state index contributed by atoms with van der Waals surface area (Å²) in [5.74, 6) is 0.440. The molecule has 4 rings (SSSR count). The van der Waals surface area contributed by atoms with Crippen molar-refractivity contribution in [2.75, 3.05) is 11.9 Å². The SMILES string of the molecule is CC(C)(C)c1ccc2nc(NC(=O)COc3ccc(C(C)(C)c4ccccc4)cc3)sc2c1. The molecule has 33 heavy (non-hydrogen) atoms. The van der Waals surface area contributed by atoms with Crippen LogP contribution in [-0.4, -0.2) is 17.5 Å². The lowest BCUT2D eigenvalue weighted by molar-refractivity contribution is -0.118. The third-order valence-corrected chi connectivity index (χ3v) is 6.88. The molecule has 1 N–H and O–H groups in total. The maximum atomic E-state index is 12.4. The van der Waals surface area contributed by atoms with Gasteiger partial charge in [-0.15, -0.1) is 0 Å². The highest BCUT2D eigenvalue weighted by Crippen LogP contribution is 2.33. The normalized spacial score (nSPS) is 12.0. The summed E-state index contributed by atoms with van der Waals surface area (Å²) in [6.45, 7) is 10.9. The van der Waals surface area contributed by atoms with Gasteiger partial charge >= 0.3 is 0 Å². The zero-order valence-corrected chi connectivity index (χ0v) is 20.6. The minimum absolute atomic E-state index is 0.0649. The Morgan fingerprint density at radius 3 is 2.18 bits per heavy atom. The van der Waals surface area contributed by atoms with E-state index in [9.17, 15) is 4.79 Å². The van der Waals surface area contributed by atoms with Crippen LogP contribution < -0.4 is 10.1 Å². The quantitative estimate of drug-likeness (QED) is 0.340. The average Bonchev–Trinajstić information content (AvgIpc) is 3.19. The number of rotatable bonds is 6. The second-order valence-electron chi connectivity index (χ2n) is 9.80. The molecule has 0 aliphatic carbocycles. The van der Waals surface area contributed by atoms with Crippen molar-refractivity contribution in [2.45, 2.75) is 45.4 Å². The van der Waals surface area contributed by atoms with Gasteiger partial charge < -0.3 is 4.74 Å². The standard InChI is InChI=1S/C28H30N2O2S/c1-27(2,3)21-13-16-23-24(17-21)33-26(29-23)30-25(31)18-32-22-14-11-20(12-15-22)28(4,5)19-9-7-6-8-10-19/h6-17H,18H2,1-5H3,(H,29,30,31). The third kappa shape index (κ3) is 5.25. The first-order chi connectivity index (χ1) is 15.6. The molecule has 0 bridgehead atoms. The summed E-state index contributed by atoms with van der Waals surface area (Å²) in [5, 5.41) is 3.45. The zero-order chi connectivity index (χ0) is 23.6. The van der Waals surface area contributed by atoms with E-state index < -0.39 is 0 Å². The second-order valence-corrected chi connectivity index (χ2v) is 10.8. The van der Waals surface area contributed by atoms with Crippen LogP contribution in [-0.2, 0) is 15.6 Å². The first-order valence-corrected chi connectivity index (χ1v) is 11.9. The lowest BCUT2D eigenvalue weighted by atomic mass is 9.78. The summed E-state index contributed by atoms with van der Waals surface area (Å²) in [6.07, 6.45) is 0. The van der Waals surface area contributed by atoms with Crippen LogP contribution in [0.1, 0.15) is 51.3 Å². The van der Waals surface area contributed by atoms with Crippen molar-refractivity contribution in [3.05, 3.63) is 89.5 Å². The fourth-order valence-corrected chi connectivity index (χ4v) is 4.66. The predicted octanol–water partition coefficient (Wildman–Crippen LogP) is 6.94. The second kappa shape index (κ2) is 8.99. The van der Waals surface area contributed by atoms with Crippen LogP contribution in [0.4, 0.5) is 5.13 Å². The lowest BCUT2D eigenvalue weighted by Gasteiger charge is -2.26. The molecule has 0 spiro atoms. The maximum absolute atomic E-state index is 12.4. The number of amides is 1. The molecule has 0 radical (unpaired) electrons. The number of ether oxygens (including phenoxy) is 1. The van der Waals surface area contributed by atoms with E-state index in [0.29, 0.717) is 10.9 Å². The van der Waals surface area contributed by atoms with Crippen molar-refractivity contribution >= 4 is 32.6 Å². The van der Waals surface area contributed by atoms with Crippen LogP contribution in [0.25, 0.3) is 10.2 Å². The highest BCUT2D eigenvalue weighted by molar-refractivity contribution is 7.22. The van der Waals surface area contributed by atoms with Crippen molar-refractivity contribution < 1.29 is 9.53 Å². The topological polar surface area (TPSA) is 51.2 Å². The van der Waals surface area contributed by atoms with Gasteiger partial charge in [-0.1, -0.05) is 94.5 Å². The molecule has 170 valence electrons. The van der Waals surface area contributed by atoms with E-state index in [1.165, 1.54) is 28.0 Å². The van der Waals surface area contributed by atoms with Gasteiger partial charge in [0.05, 0.1) is 10.2 Å². The fourth-order valence-electron chi connectivity index (χ4n) is 3.74. The largest absolute Gasteiger partial charge is 0.484 e. The highest BCUT2D eigenvalue weighted by atomic mass is 32.1. The van der Waals surface area contributed by atoms with E-state index in [1.54, 1.807) is 0 Å². The Labute approximate surface area is 199 Å². The van der Waals surface area contributed by atoms with Gasteiger partial charge in [0.15, 0.2) is 11.7 Å². The Hall–Kier alpha value is -3.18. The van der Waals surface area contributed by atoms with Gasteiger partial charge in [0.25, 0.3) is 5.91 Å². The van der Waals surface area contributed by atoms with E-state index >= 15 is 0 Å². The van der Waals surface area contributed by atoms with Crippen molar-refractivity contribution in [1.82, 2.24) is 4.98 Å². The Balaban J connectivity index is 1.37. The third-order valence-electron chi connectivity index (χ3n) is 5.94. The van der Waals surface area contributed by atoms with Crippen molar-refractivity contribution in [3.8, 4) is 5.75 Å². The van der Waals surface area contributed by atoms with Crippen LogP contribution in [0.3, 0.4) is 0 Å². The molecule has 0 fully saturated rings. The predicted molar refractivity (Wildman–Crippen MR) is 137 cm³/mol. The van der Waals surface area contributed by atoms with Crippen LogP contribution >= 0.6 is 11.3 Å². The number of anilines is 1. The molecular formula is C28H30N2O2S. The van der Waals surface area contributed by atoms with Gasteiger partial charge in [-0.05, 0) is 46.4 Å². The molecule has 0 aliphatic rings. The summed E-state index contributed by atoms with van der Waals surface area (Å²) < 4.78 is 6.78. The van der Waals surface area contributed by atoms with E-state index in [1.807, 2.05) is 24.3 Å². The molecule has 0 aliphatic heterocycles. The number of nitrogens with zero attached hydrogens (tertiary/aromatic N) is 1. The van der Waals surface area contributed by atoms with E-state index in [-0.39, 0.29) is 23.3 Å². The Kier molecular flexibility index (Phi) is 6.26. The number of fused-ring (bicyclic) bond motifs is 1. The molecule has 3 aromatic carbocycles. The summed E-state index contributed by atoms with van der Waals surface area (Å²) >= 11 is 1.48. The van der Waals surface area contributed by atoms with Gasteiger partial charge in [-0.3, -0.25) is 10.1 Å². The molecule has 1 heterocycles. The van der Waals surface area contributed by atoms with Gasteiger partial charge in [0.1, 0.15) is 5.75 Å². The van der Waals surface area contributed by atoms with Crippen molar-refractivity contribution in [3.63, 3.8) is 0 Å². The number of hydrogen-bond acceptors (Lipinski definition) is 4. The van der Waals surface area contributed by atoms with Gasteiger partial charge in [0.2, 0.25) is 0 Å². The van der Waals surface area contributed by atoms with E-state index in [2.05, 4.69) is 93.5 Å². The highest BCUT2D eigenvalue weighted by Gasteiger charge is 2.22. The number of benzene rings is 3. The molecule has 1 amide bonds. The molecule has 4 nitrogen and oxygen atoms in total. The van der Waals surface area contributed by atoms with Gasteiger partial charge in [0, 0.05) is 5.41 Å². The first-order valence-electron chi connectivity index (χ1n) is 11.1. The van der Waals surface area contributed by atoms with E-state index in [4.69, 9.17) is 4.74 Å². The van der Waals surface area contributed by atoms with Crippen LogP contribution in [0, 0.1) is 0 Å². The Bertz CT molecular complexity index is 1250. The van der Waals surface area contributed by atoms with Gasteiger partial charge in [-0.25, -0.2) is 4.98 Å². The lowest BCUT2D eigenvalue weighted by Crippen LogP contribution is -2.20. The van der Waals surface area contributed by atoms with Crippen molar-refractivity contribution in [1.29, 1.82) is 0 Å². The number of carbonyl (C=O) groups is 1.